The Morgan fingerprint density at radius 2 is 1.94 bits per heavy atom. The van der Waals surface area contributed by atoms with Crippen LogP contribution in [-0.4, -0.2) is 12.0 Å². The van der Waals surface area contributed by atoms with Gasteiger partial charge in [-0.15, -0.1) is 0 Å². The van der Waals surface area contributed by atoms with Crippen LogP contribution in [0.4, 0.5) is 11.5 Å². The highest BCUT2D eigenvalue weighted by Gasteiger charge is 2.04. The summed E-state index contributed by atoms with van der Waals surface area (Å²) in [5.41, 5.74) is 7.82. The number of nitrogens with zero attached hydrogens (tertiary/aromatic N) is 2. The molecule has 0 bridgehead atoms. The highest BCUT2D eigenvalue weighted by atomic mass is 15.2. The first kappa shape index (κ1) is 10.6. The van der Waals surface area contributed by atoms with Crippen LogP contribution < -0.4 is 10.6 Å². The largest absolute Gasteiger partial charge is 0.329 e. The van der Waals surface area contributed by atoms with E-state index in [2.05, 4.69) is 17.1 Å². The van der Waals surface area contributed by atoms with E-state index in [1.54, 1.807) is 6.20 Å². The van der Waals surface area contributed by atoms with Crippen molar-refractivity contribution in [2.45, 2.75) is 6.54 Å². The number of pyridine rings is 1. The quantitative estimate of drug-likeness (QED) is 0.850. The summed E-state index contributed by atoms with van der Waals surface area (Å²) in [4.78, 5) is 6.37. The number of para-hydroxylation sites is 1. The van der Waals surface area contributed by atoms with Gasteiger partial charge >= 0.3 is 0 Å². The molecule has 0 unspecified atom stereocenters. The third-order valence-electron chi connectivity index (χ3n) is 2.53. The van der Waals surface area contributed by atoms with Crippen molar-refractivity contribution in [3.05, 3.63) is 54.2 Å². The van der Waals surface area contributed by atoms with Crippen LogP contribution >= 0.6 is 0 Å². The summed E-state index contributed by atoms with van der Waals surface area (Å²) in [7, 11) is 2.00. The molecule has 0 saturated heterocycles. The zero-order valence-electron chi connectivity index (χ0n) is 9.30. The van der Waals surface area contributed by atoms with E-state index < -0.39 is 0 Å². The molecule has 2 aromatic rings. The maximum absolute atomic E-state index is 5.61. The Hall–Kier alpha value is -1.87. The monoisotopic (exact) mass is 213 g/mol. The van der Waals surface area contributed by atoms with Gasteiger partial charge in [0.25, 0.3) is 0 Å². The van der Waals surface area contributed by atoms with E-state index >= 15 is 0 Å². The van der Waals surface area contributed by atoms with Gasteiger partial charge in [0.1, 0.15) is 5.82 Å². The Labute approximate surface area is 95.5 Å². The second kappa shape index (κ2) is 4.77. The number of nitrogens with two attached hydrogens (primary N) is 1. The van der Waals surface area contributed by atoms with Crippen molar-refractivity contribution >= 4 is 11.5 Å². The van der Waals surface area contributed by atoms with Crippen LogP contribution in [0.2, 0.25) is 0 Å². The maximum Gasteiger partial charge on any atom is 0.132 e. The van der Waals surface area contributed by atoms with Crippen molar-refractivity contribution in [2.24, 2.45) is 5.73 Å². The number of anilines is 2. The zero-order chi connectivity index (χ0) is 11.4. The molecule has 2 N–H and O–H groups in total. The van der Waals surface area contributed by atoms with Crippen molar-refractivity contribution in [1.82, 2.24) is 4.98 Å². The molecule has 3 heteroatoms. The van der Waals surface area contributed by atoms with Crippen LogP contribution in [0.25, 0.3) is 0 Å². The fourth-order valence-corrected chi connectivity index (χ4v) is 1.55. The first-order valence-corrected chi connectivity index (χ1v) is 5.25. The molecule has 0 aliphatic heterocycles. The lowest BCUT2D eigenvalue weighted by Crippen LogP contribution is -2.11. The van der Waals surface area contributed by atoms with E-state index in [1.807, 2.05) is 42.3 Å². The van der Waals surface area contributed by atoms with Gasteiger partial charge in [0.2, 0.25) is 0 Å². The van der Waals surface area contributed by atoms with Gasteiger partial charge in [0.05, 0.1) is 0 Å². The number of benzene rings is 1. The van der Waals surface area contributed by atoms with Gasteiger partial charge in [-0.3, -0.25) is 0 Å². The van der Waals surface area contributed by atoms with Crippen molar-refractivity contribution in [2.75, 3.05) is 11.9 Å². The minimum atomic E-state index is 0.540. The minimum Gasteiger partial charge on any atom is -0.329 e. The topological polar surface area (TPSA) is 42.1 Å². The second-order valence-electron chi connectivity index (χ2n) is 3.62. The predicted octanol–water partition coefficient (Wildman–Crippen LogP) is 2.31. The molecule has 0 spiro atoms. The van der Waals surface area contributed by atoms with Crippen LogP contribution in [-0.2, 0) is 6.54 Å². The van der Waals surface area contributed by atoms with Crippen LogP contribution in [0, 0.1) is 0 Å². The molecule has 0 amide bonds. The summed E-state index contributed by atoms with van der Waals surface area (Å²) >= 11 is 0. The number of hydrogen-bond acceptors (Lipinski definition) is 3. The Morgan fingerprint density at radius 1 is 1.19 bits per heavy atom. The van der Waals surface area contributed by atoms with Gasteiger partial charge in [-0.1, -0.05) is 18.2 Å². The molecule has 2 rings (SSSR count). The Balaban J connectivity index is 2.30. The zero-order valence-corrected chi connectivity index (χ0v) is 9.30. The SMILES string of the molecule is CN(c1ccccc1)c1cc(CN)ccn1. The van der Waals surface area contributed by atoms with Crippen LogP contribution in [0.3, 0.4) is 0 Å². The average molecular weight is 213 g/mol. The van der Waals surface area contributed by atoms with E-state index in [9.17, 15) is 0 Å². The molecule has 0 fully saturated rings. The highest BCUT2D eigenvalue weighted by molar-refractivity contribution is 5.59. The normalized spacial score (nSPS) is 10.1. The van der Waals surface area contributed by atoms with Gasteiger partial charge < -0.3 is 10.6 Å². The Kier molecular flexibility index (Phi) is 3.17. The third-order valence-corrected chi connectivity index (χ3v) is 2.53. The molecule has 1 heterocycles. The number of aromatic nitrogens is 1. The van der Waals surface area contributed by atoms with Crippen LogP contribution in [0.15, 0.2) is 48.7 Å². The van der Waals surface area contributed by atoms with Gasteiger partial charge in [-0.05, 0) is 29.8 Å². The molecule has 0 saturated carbocycles. The van der Waals surface area contributed by atoms with Crippen molar-refractivity contribution in [3.63, 3.8) is 0 Å². The minimum absolute atomic E-state index is 0.540. The summed E-state index contributed by atoms with van der Waals surface area (Å²) in [5, 5.41) is 0. The molecular formula is C13H15N3. The molecule has 16 heavy (non-hydrogen) atoms. The summed E-state index contributed by atoms with van der Waals surface area (Å²) in [6, 6.07) is 14.1. The van der Waals surface area contributed by atoms with Crippen LogP contribution in [0.5, 0.6) is 0 Å². The predicted molar refractivity (Wildman–Crippen MR) is 66.6 cm³/mol. The molecule has 3 nitrogen and oxygen atoms in total. The molecular weight excluding hydrogens is 198 g/mol. The molecule has 0 atom stereocenters. The van der Waals surface area contributed by atoms with E-state index in [-0.39, 0.29) is 0 Å². The van der Waals surface area contributed by atoms with Crippen molar-refractivity contribution < 1.29 is 0 Å². The van der Waals surface area contributed by atoms with Gasteiger partial charge in [0.15, 0.2) is 0 Å². The fraction of sp³-hybridized carbons (Fsp3) is 0.154. The lowest BCUT2D eigenvalue weighted by atomic mass is 10.2. The fourth-order valence-electron chi connectivity index (χ4n) is 1.55. The summed E-state index contributed by atoms with van der Waals surface area (Å²) in [6.07, 6.45) is 1.79. The molecule has 1 aromatic carbocycles. The van der Waals surface area contributed by atoms with Crippen molar-refractivity contribution in [3.8, 4) is 0 Å². The van der Waals surface area contributed by atoms with Crippen LogP contribution in [0.1, 0.15) is 5.56 Å². The standard InChI is InChI=1S/C13H15N3/c1-16(12-5-3-2-4-6-12)13-9-11(10-14)7-8-15-13/h2-9H,10,14H2,1H3. The van der Waals surface area contributed by atoms with E-state index in [1.165, 1.54) is 0 Å². The number of rotatable bonds is 3. The first-order valence-electron chi connectivity index (χ1n) is 5.25. The summed E-state index contributed by atoms with van der Waals surface area (Å²) in [5.74, 6) is 0.911. The lowest BCUT2D eigenvalue weighted by molar-refractivity contribution is 1.04. The Morgan fingerprint density at radius 3 is 2.62 bits per heavy atom. The molecule has 82 valence electrons. The highest BCUT2D eigenvalue weighted by Crippen LogP contribution is 2.21. The lowest BCUT2D eigenvalue weighted by Gasteiger charge is -2.18. The molecule has 0 aliphatic rings. The average Bonchev–Trinajstić information content (AvgIpc) is 2.39. The smallest absolute Gasteiger partial charge is 0.132 e. The maximum atomic E-state index is 5.61. The molecule has 0 radical (unpaired) electrons. The Bertz CT molecular complexity index is 454. The second-order valence-corrected chi connectivity index (χ2v) is 3.62. The first-order chi connectivity index (χ1) is 7.81. The van der Waals surface area contributed by atoms with E-state index in [0.29, 0.717) is 6.54 Å². The van der Waals surface area contributed by atoms with Gasteiger partial charge in [0, 0.05) is 25.5 Å². The van der Waals surface area contributed by atoms with Gasteiger partial charge in [-0.25, -0.2) is 4.98 Å². The van der Waals surface area contributed by atoms with E-state index in [0.717, 1.165) is 17.1 Å². The third kappa shape index (κ3) is 2.20. The van der Waals surface area contributed by atoms with Crippen molar-refractivity contribution in [1.29, 1.82) is 0 Å². The summed E-state index contributed by atoms with van der Waals surface area (Å²) < 4.78 is 0. The van der Waals surface area contributed by atoms with Gasteiger partial charge in [-0.2, -0.15) is 0 Å². The summed E-state index contributed by atoms with van der Waals surface area (Å²) in [6.45, 7) is 0.540. The van der Waals surface area contributed by atoms with E-state index in [4.69, 9.17) is 5.73 Å². The molecule has 0 aliphatic carbocycles. The molecule has 1 aromatic heterocycles. The number of hydrogen-bond donors (Lipinski definition) is 1.